The molecule has 0 saturated heterocycles. The molecule has 1 aromatic rings. The summed E-state index contributed by atoms with van der Waals surface area (Å²) in [6, 6.07) is 7.72. The van der Waals surface area contributed by atoms with Crippen LogP contribution in [0.5, 0.6) is 0 Å². The molecule has 2 atom stereocenters. The van der Waals surface area contributed by atoms with E-state index in [1.807, 2.05) is 44.2 Å². The number of amides is 3. The van der Waals surface area contributed by atoms with Crippen molar-refractivity contribution in [3.63, 3.8) is 0 Å². The second kappa shape index (κ2) is 13.5. The molecule has 0 aliphatic carbocycles. The molecule has 0 aliphatic heterocycles. The second-order valence-corrected chi connectivity index (χ2v) is 8.37. The maximum absolute atomic E-state index is 13.0. The fourth-order valence-electron chi connectivity index (χ4n) is 2.94. The average Bonchev–Trinajstić information content (AvgIpc) is 2.71. The largest absolute Gasteiger partial charge is 0.347 e. The minimum absolute atomic E-state index is 0.0752. The van der Waals surface area contributed by atoms with Crippen LogP contribution in [-0.4, -0.2) is 55.7 Å². The zero-order chi connectivity index (χ0) is 23.4. The molecule has 0 aromatic heterocycles. The fourth-order valence-corrected chi connectivity index (χ4v) is 2.94. The van der Waals surface area contributed by atoms with Crippen molar-refractivity contribution in [2.75, 3.05) is 20.1 Å². The summed E-state index contributed by atoms with van der Waals surface area (Å²) in [5.74, 6) is -1.28. The Kier molecular flexibility index (Phi) is 11.5. The summed E-state index contributed by atoms with van der Waals surface area (Å²) in [6.07, 6.45) is 0.708. The number of nitrogens with one attached hydrogen (secondary N) is 4. The molecule has 0 aliphatic rings. The monoisotopic (exact) mass is 432 g/mol. The van der Waals surface area contributed by atoms with E-state index in [1.165, 1.54) is 0 Å². The highest BCUT2D eigenvalue weighted by Gasteiger charge is 2.27. The van der Waals surface area contributed by atoms with Crippen LogP contribution in [0.3, 0.4) is 0 Å². The first kappa shape index (κ1) is 26.3. The van der Waals surface area contributed by atoms with Gasteiger partial charge in [0.1, 0.15) is 12.1 Å². The molecule has 172 valence electrons. The third-order valence-corrected chi connectivity index (χ3v) is 4.69. The van der Waals surface area contributed by atoms with Crippen molar-refractivity contribution in [3.05, 3.63) is 35.9 Å². The number of Topliss-reactive ketones (excluding diaryl/α,β-unsaturated/α-hetero) is 1. The first-order valence-corrected chi connectivity index (χ1v) is 10.7. The normalized spacial score (nSPS) is 12.9. The summed E-state index contributed by atoms with van der Waals surface area (Å²) < 4.78 is 0. The third kappa shape index (κ3) is 10.2. The Bertz CT molecular complexity index is 734. The van der Waals surface area contributed by atoms with Gasteiger partial charge in [-0.15, -0.1) is 0 Å². The van der Waals surface area contributed by atoms with Gasteiger partial charge in [0.2, 0.25) is 17.7 Å². The van der Waals surface area contributed by atoms with Crippen LogP contribution in [0, 0.1) is 11.8 Å². The van der Waals surface area contributed by atoms with Crippen LogP contribution in [-0.2, 0) is 25.6 Å². The average molecular weight is 433 g/mol. The highest BCUT2D eigenvalue weighted by atomic mass is 16.2. The first-order chi connectivity index (χ1) is 14.6. The molecule has 0 bridgehead atoms. The van der Waals surface area contributed by atoms with Crippen molar-refractivity contribution < 1.29 is 19.2 Å². The molecule has 0 fully saturated rings. The molecule has 31 heavy (non-hydrogen) atoms. The van der Waals surface area contributed by atoms with E-state index < -0.39 is 23.9 Å². The number of ketones is 1. The van der Waals surface area contributed by atoms with Crippen molar-refractivity contribution >= 4 is 23.5 Å². The van der Waals surface area contributed by atoms with E-state index in [1.54, 1.807) is 20.9 Å². The summed E-state index contributed by atoms with van der Waals surface area (Å²) in [5, 5.41) is 10.9. The van der Waals surface area contributed by atoms with E-state index in [9.17, 15) is 19.2 Å². The van der Waals surface area contributed by atoms with Gasteiger partial charge >= 0.3 is 0 Å². The highest BCUT2D eigenvalue weighted by Crippen LogP contribution is 2.08. The molecule has 8 nitrogen and oxygen atoms in total. The van der Waals surface area contributed by atoms with Crippen LogP contribution in [0.4, 0.5) is 0 Å². The lowest BCUT2D eigenvalue weighted by Gasteiger charge is -2.24. The Morgan fingerprint density at radius 1 is 0.839 bits per heavy atom. The van der Waals surface area contributed by atoms with Crippen LogP contribution in [0.2, 0.25) is 0 Å². The SMILES string of the molecule is CNCC(=O)NC(Cc1ccccc1)C(=O)NC(CC(C)C)C(=O)NCC(=O)C(C)C. The predicted octanol–water partition coefficient (Wildman–Crippen LogP) is 0.806. The maximum atomic E-state index is 13.0. The van der Waals surface area contributed by atoms with E-state index in [4.69, 9.17) is 0 Å². The zero-order valence-corrected chi connectivity index (χ0v) is 19.2. The van der Waals surface area contributed by atoms with Gasteiger partial charge in [-0.3, -0.25) is 19.2 Å². The summed E-state index contributed by atoms with van der Waals surface area (Å²) in [4.78, 5) is 49.7. The van der Waals surface area contributed by atoms with E-state index in [0.717, 1.165) is 5.56 Å². The number of likely N-dealkylation sites (N-methyl/N-ethyl adjacent to an activating group) is 1. The van der Waals surface area contributed by atoms with E-state index in [2.05, 4.69) is 21.3 Å². The minimum atomic E-state index is -0.831. The lowest BCUT2D eigenvalue weighted by Crippen LogP contribution is -2.55. The van der Waals surface area contributed by atoms with Crippen molar-refractivity contribution in [2.24, 2.45) is 11.8 Å². The summed E-state index contributed by atoms with van der Waals surface area (Å²) in [6.45, 7) is 7.43. The molecule has 1 rings (SSSR count). The second-order valence-electron chi connectivity index (χ2n) is 8.37. The number of benzene rings is 1. The molecular weight excluding hydrogens is 396 g/mol. The molecule has 3 amide bonds. The smallest absolute Gasteiger partial charge is 0.243 e. The third-order valence-electron chi connectivity index (χ3n) is 4.69. The number of carbonyl (C=O) groups excluding carboxylic acids is 4. The van der Waals surface area contributed by atoms with Gasteiger partial charge in [0.25, 0.3) is 0 Å². The van der Waals surface area contributed by atoms with Crippen molar-refractivity contribution in [3.8, 4) is 0 Å². The molecular formula is C23H36N4O4. The predicted molar refractivity (Wildman–Crippen MR) is 120 cm³/mol. The van der Waals surface area contributed by atoms with Crippen LogP contribution >= 0.6 is 0 Å². The van der Waals surface area contributed by atoms with E-state index >= 15 is 0 Å². The molecule has 0 heterocycles. The van der Waals surface area contributed by atoms with Gasteiger partial charge in [-0.05, 0) is 24.9 Å². The molecule has 1 aromatic carbocycles. The van der Waals surface area contributed by atoms with Gasteiger partial charge in [-0.2, -0.15) is 0 Å². The Labute approximate surface area is 184 Å². The standard InChI is InChI=1S/C23H36N4O4/c1-15(2)11-18(22(30)25-13-20(28)16(3)4)27-23(31)19(26-21(29)14-24-5)12-17-9-7-6-8-10-17/h6-10,15-16,18-19,24H,11-14H2,1-5H3,(H,25,30)(H,26,29)(H,27,31). The van der Waals surface area contributed by atoms with Crippen LogP contribution < -0.4 is 21.3 Å². The Morgan fingerprint density at radius 3 is 2.03 bits per heavy atom. The Hall–Kier alpha value is -2.74. The first-order valence-electron chi connectivity index (χ1n) is 10.7. The molecule has 8 heteroatoms. The Morgan fingerprint density at radius 2 is 1.48 bits per heavy atom. The summed E-state index contributed by atoms with van der Waals surface area (Å²) in [5.41, 5.74) is 0.889. The lowest BCUT2D eigenvalue weighted by atomic mass is 10.0. The van der Waals surface area contributed by atoms with Crippen molar-refractivity contribution in [1.82, 2.24) is 21.3 Å². The molecule has 0 radical (unpaired) electrons. The van der Waals surface area contributed by atoms with Crippen LogP contribution in [0.15, 0.2) is 30.3 Å². The van der Waals surface area contributed by atoms with Crippen LogP contribution in [0.1, 0.15) is 39.7 Å². The minimum Gasteiger partial charge on any atom is -0.347 e. The number of hydrogen-bond acceptors (Lipinski definition) is 5. The molecule has 0 saturated carbocycles. The summed E-state index contributed by atoms with van der Waals surface area (Å²) >= 11 is 0. The number of hydrogen-bond donors (Lipinski definition) is 4. The summed E-state index contributed by atoms with van der Waals surface area (Å²) in [7, 11) is 1.65. The number of rotatable bonds is 13. The van der Waals surface area contributed by atoms with Gasteiger partial charge in [-0.1, -0.05) is 58.0 Å². The lowest BCUT2D eigenvalue weighted by molar-refractivity contribution is -0.132. The quantitative estimate of drug-likeness (QED) is 0.368. The fraction of sp³-hybridized carbons (Fsp3) is 0.565. The van der Waals surface area contributed by atoms with Gasteiger partial charge in [-0.25, -0.2) is 0 Å². The van der Waals surface area contributed by atoms with Gasteiger partial charge in [0, 0.05) is 12.3 Å². The molecule has 2 unspecified atom stereocenters. The zero-order valence-electron chi connectivity index (χ0n) is 19.2. The van der Waals surface area contributed by atoms with Gasteiger partial charge in [0.15, 0.2) is 5.78 Å². The topological polar surface area (TPSA) is 116 Å². The van der Waals surface area contributed by atoms with Crippen LogP contribution in [0.25, 0.3) is 0 Å². The maximum Gasteiger partial charge on any atom is 0.243 e. The highest BCUT2D eigenvalue weighted by molar-refractivity contribution is 5.94. The van der Waals surface area contributed by atoms with Gasteiger partial charge in [0.05, 0.1) is 13.1 Å². The van der Waals surface area contributed by atoms with Gasteiger partial charge < -0.3 is 21.3 Å². The Balaban J connectivity index is 2.92. The van der Waals surface area contributed by atoms with E-state index in [0.29, 0.717) is 12.8 Å². The molecule has 0 spiro atoms. The molecule has 4 N–H and O–H groups in total. The number of carbonyl (C=O) groups is 4. The van der Waals surface area contributed by atoms with E-state index in [-0.39, 0.29) is 36.6 Å². The van der Waals surface area contributed by atoms with Crippen molar-refractivity contribution in [2.45, 2.75) is 52.6 Å². The van der Waals surface area contributed by atoms with Crippen molar-refractivity contribution in [1.29, 1.82) is 0 Å².